The predicted octanol–water partition coefficient (Wildman–Crippen LogP) is -2.01. The van der Waals surface area contributed by atoms with Gasteiger partial charge < -0.3 is 5.48 Å². The van der Waals surface area contributed by atoms with Crippen LogP contribution < -0.4 is 0 Å². The summed E-state index contributed by atoms with van der Waals surface area (Å²) in [4.78, 5) is 0. The van der Waals surface area contributed by atoms with Gasteiger partial charge in [0, 0.05) is 34.1 Å². The van der Waals surface area contributed by atoms with Gasteiger partial charge in [-0.15, -0.1) is 0 Å². The van der Waals surface area contributed by atoms with Crippen LogP contribution >= 0.6 is 0 Å². The molecule has 0 atom stereocenters. The monoisotopic (exact) mass is 167 g/mol. The molecule has 0 aromatic heterocycles. The topological polar surface area (TPSA) is 31.5 Å². The summed E-state index contributed by atoms with van der Waals surface area (Å²) in [7, 11) is 0. The molecule has 4 heteroatoms. The van der Waals surface area contributed by atoms with E-state index in [1.54, 1.807) is 0 Å². The minimum Gasteiger partial charge on any atom is -0.412 e. The Morgan fingerprint density at radius 1 is 1.00 bits per heavy atom. The van der Waals surface area contributed by atoms with Crippen LogP contribution in [0.5, 0.6) is 0 Å². The Morgan fingerprint density at radius 3 is 1.00 bits per heavy atom. The van der Waals surface area contributed by atoms with Crippen LogP contribution in [0.3, 0.4) is 0 Å². The van der Waals surface area contributed by atoms with Crippen molar-refractivity contribution in [3.63, 3.8) is 0 Å². The largest absolute Gasteiger partial charge is 0.412 e. The summed E-state index contributed by atoms with van der Waals surface area (Å²) < 4.78 is 0. The van der Waals surface area contributed by atoms with Crippen LogP contribution in [0.2, 0.25) is 0 Å². The van der Waals surface area contributed by atoms with Crippen LogP contribution in [-0.4, -0.2) is 22.8 Å². The molecule has 0 aromatic rings. The third-order valence-corrected chi connectivity index (χ3v) is 0. The molecule has 0 spiro atoms. The molecule has 0 saturated carbocycles. The Balaban J connectivity index is 0. The zero-order chi connectivity index (χ0) is 0. The molecule has 2 N–H and O–H groups in total. The minimum absolute atomic E-state index is 0. The smallest absolute Gasteiger partial charge is 0.187 e. The fraction of sp³-hybridized carbons (Fsp3) is 0. The second-order valence-corrected chi connectivity index (χ2v) is 0. The summed E-state index contributed by atoms with van der Waals surface area (Å²) in [6, 6.07) is 0. The molecule has 0 rings (SSSR count). The summed E-state index contributed by atoms with van der Waals surface area (Å²) in [6.07, 6.45) is 0. The Kier molecular flexibility index (Phi) is 292. The van der Waals surface area contributed by atoms with Crippen LogP contribution in [0.25, 0.3) is 0 Å². The summed E-state index contributed by atoms with van der Waals surface area (Å²) in [6.45, 7) is 0. The molecular formula is H5AlCuFeO. The van der Waals surface area contributed by atoms with Gasteiger partial charge in [0.1, 0.15) is 0 Å². The van der Waals surface area contributed by atoms with Gasteiger partial charge in [-0.1, -0.05) is 0 Å². The molecule has 1 radical (unpaired) electrons. The zero-order valence-electron chi connectivity index (χ0n) is 1.16. The van der Waals surface area contributed by atoms with Gasteiger partial charge in [0.25, 0.3) is 0 Å². The van der Waals surface area contributed by atoms with E-state index in [2.05, 4.69) is 0 Å². The van der Waals surface area contributed by atoms with Crippen molar-refractivity contribution in [1.29, 1.82) is 0 Å². The first kappa shape index (κ1) is 48.4. The maximum Gasteiger partial charge on any atom is 0.187 e. The van der Waals surface area contributed by atoms with E-state index < -0.39 is 0 Å². The molecule has 0 aromatic carbocycles. The Morgan fingerprint density at radius 2 is 1.00 bits per heavy atom. The van der Waals surface area contributed by atoms with Gasteiger partial charge in [-0.05, 0) is 0 Å². The molecule has 0 saturated heterocycles. The third kappa shape index (κ3) is 9.65. The molecule has 0 bridgehead atoms. The van der Waals surface area contributed by atoms with E-state index in [-0.39, 0.29) is 57.0 Å². The minimum atomic E-state index is 0. The first-order valence-corrected chi connectivity index (χ1v) is 0. The SMILES string of the molecule is O.[AlH3].[Cu].[Fe]. The molecule has 1 nitrogen and oxygen atoms in total. The predicted molar refractivity (Wildman–Crippen MR) is 13.6 cm³/mol. The van der Waals surface area contributed by atoms with E-state index in [4.69, 9.17) is 0 Å². The number of hydrogen-bond acceptors (Lipinski definition) is 0. The summed E-state index contributed by atoms with van der Waals surface area (Å²) >= 11 is 0. The normalized spacial score (nSPS) is 0. The molecule has 0 fully saturated rings. The van der Waals surface area contributed by atoms with Gasteiger partial charge in [0.05, 0.1) is 0 Å². The van der Waals surface area contributed by atoms with Gasteiger partial charge in [-0.2, -0.15) is 0 Å². The van der Waals surface area contributed by atoms with E-state index in [1.165, 1.54) is 0 Å². The van der Waals surface area contributed by atoms with Crippen LogP contribution in [-0.2, 0) is 34.1 Å². The van der Waals surface area contributed by atoms with E-state index >= 15 is 0 Å². The second kappa shape index (κ2) is 24.1. The van der Waals surface area contributed by atoms with Gasteiger partial charge in [0.2, 0.25) is 0 Å². The average molecular weight is 167 g/mol. The van der Waals surface area contributed by atoms with E-state index in [0.29, 0.717) is 0 Å². The first-order valence-electron chi connectivity index (χ1n) is 0. The summed E-state index contributed by atoms with van der Waals surface area (Å²) in [5.74, 6) is 0. The van der Waals surface area contributed by atoms with Crippen LogP contribution in [0.4, 0.5) is 0 Å². The third-order valence-electron chi connectivity index (χ3n) is 0. The summed E-state index contributed by atoms with van der Waals surface area (Å²) in [5, 5.41) is 0. The maximum absolute atomic E-state index is 0. The molecule has 0 unspecified atom stereocenters. The van der Waals surface area contributed by atoms with Crippen molar-refractivity contribution in [3.8, 4) is 0 Å². The maximum atomic E-state index is 0. The van der Waals surface area contributed by atoms with Gasteiger partial charge >= 0.3 is 0 Å². The molecule has 0 heterocycles. The van der Waals surface area contributed by atoms with Crippen molar-refractivity contribution in [2.24, 2.45) is 0 Å². The second-order valence-electron chi connectivity index (χ2n) is 0. The van der Waals surface area contributed by atoms with Crippen molar-refractivity contribution < 1.29 is 39.6 Å². The first-order chi connectivity index (χ1) is 0. The van der Waals surface area contributed by atoms with Crippen LogP contribution in [0.15, 0.2) is 0 Å². The molecule has 0 aliphatic heterocycles. The fourth-order valence-electron chi connectivity index (χ4n) is 0. The standard InChI is InChI=1S/Al.Cu.Fe.H2O.3H/h;;;1H2;;;. The Labute approximate surface area is 56.9 Å². The molecule has 0 aliphatic rings. The number of hydrogen-bond donors (Lipinski definition) is 0. The van der Waals surface area contributed by atoms with Crippen LogP contribution in [0.1, 0.15) is 0 Å². The fourth-order valence-corrected chi connectivity index (χ4v) is 0. The van der Waals surface area contributed by atoms with Crippen molar-refractivity contribution in [3.05, 3.63) is 0 Å². The van der Waals surface area contributed by atoms with Crippen molar-refractivity contribution in [2.45, 2.75) is 0 Å². The molecule has 0 amide bonds. The quantitative estimate of drug-likeness (QED) is 0.373. The van der Waals surface area contributed by atoms with Gasteiger partial charge in [-0.25, -0.2) is 0 Å². The van der Waals surface area contributed by atoms with Crippen LogP contribution in [0, 0.1) is 0 Å². The van der Waals surface area contributed by atoms with Crippen molar-refractivity contribution >= 4 is 17.4 Å². The molecule has 4 heavy (non-hydrogen) atoms. The molecule has 33 valence electrons. The van der Waals surface area contributed by atoms with E-state index in [1.807, 2.05) is 0 Å². The van der Waals surface area contributed by atoms with Crippen molar-refractivity contribution in [1.82, 2.24) is 0 Å². The average Bonchev–Trinajstić information content (AvgIpc) is 0. The number of rotatable bonds is 0. The molecule has 0 aliphatic carbocycles. The van der Waals surface area contributed by atoms with E-state index in [9.17, 15) is 0 Å². The molecular weight excluding hydrogens is 162 g/mol. The van der Waals surface area contributed by atoms with E-state index in [0.717, 1.165) is 0 Å². The Bertz CT molecular complexity index is 8.00. The van der Waals surface area contributed by atoms with Crippen molar-refractivity contribution in [2.75, 3.05) is 0 Å². The zero-order valence-corrected chi connectivity index (χ0v) is 3.20. The summed E-state index contributed by atoms with van der Waals surface area (Å²) in [5.41, 5.74) is 0. The van der Waals surface area contributed by atoms with Gasteiger partial charge in [-0.3, -0.25) is 0 Å². The van der Waals surface area contributed by atoms with Gasteiger partial charge in [0.15, 0.2) is 17.4 Å². The Hall–Kier alpha value is 1.53.